The lowest BCUT2D eigenvalue weighted by Crippen LogP contribution is -2.43. The standard InChI is InChI=1S/C23H38N2O4/c1-16-17(2)21(28-14-13-27-7)11-10-20(16)18(3)25-12-8-9-19(25)15-24-22(26)29-23(4,5)6/h10-11,18-19H,8-9,12-15H2,1-7H3,(H,24,26). The second-order valence-corrected chi connectivity index (χ2v) is 8.84. The van der Waals surface area contributed by atoms with E-state index in [1.54, 1.807) is 7.11 Å². The molecular weight excluding hydrogens is 368 g/mol. The van der Waals surface area contributed by atoms with Crippen LogP contribution in [0.5, 0.6) is 5.75 Å². The van der Waals surface area contributed by atoms with E-state index in [-0.39, 0.29) is 12.1 Å². The van der Waals surface area contributed by atoms with E-state index in [1.165, 1.54) is 16.7 Å². The van der Waals surface area contributed by atoms with E-state index in [4.69, 9.17) is 14.2 Å². The maximum Gasteiger partial charge on any atom is 0.407 e. The van der Waals surface area contributed by atoms with Gasteiger partial charge in [0, 0.05) is 25.7 Å². The first-order valence-electron chi connectivity index (χ1n) is 10.6. The van der Waals surface area contributed by atoms with E-state index in [2.05, 4.69) is 43.1 Å². The first kappa shape index (κ1) is 23.5. The van der Waals surface area contributed by atoms with Gasteiger partial charge in [-0.1, -0.05) is 6.07 Å². The Kier molecular flexibility index (Phi) is 8.34. The van der Waals surface area contributed by atoms with Crippen LogP contribution in [-0.2, 0) is 9.47 Å². The number of alkyl carbamates (subject to hydrolysis) is 1. The number of hydrogen-bond acceptors (Lipinski definition) is 5. The van der Waals surface area contributed by atoms with Crippen LogP contribution in [0.25, 0.3) is 0 Å². The van der Waals surface area contributed by atoms with Gasteiger partial charge in [0.2, 0.25) is 0 Å². The SMILES string of the molecule is COCCOc1ccc(C(C)N2CCCC2CNC(=O)OC(C)(C)C)c(C)c1C. The molecule has 1 aliphatic rings. The quantitative estimate of drug-likeness (QED) is 0.649. The Labute approximate surface area is 175 Å². The van der Waals surface area contributed by atoms with Crippen LogP contribution in [-0.4, -0.2) is 56.0 Å². The first-order valence-corrected chi connectivity index (χ1v) is 10.6. The second kappa shape index (κ2) is 10.3. The zero-order chi connectivity index (χ0) is 21.6. The maximum atomic E-state index is 12.0. The molecule has 2 atom stereocenters. The molecule has 6 heteroatoms. The van der Waals surface area contributed by atoms with Crippen LogP contribution in [0, 0.1) is 13.8 Å². The summed E-state index contributed by atoms with van der Waals surface area (Å²) in [5.41, 5.74) is 3.27. The normalized spacial score (nSPS) is 18.5. The van der Waals surface area contributed by atoms with Crippen molar-refractivity contribution in [1.29, 1.82) is 0 Å². The topological polar surface area (TPSA) is 60.0 Å². The summed E-state index contributed by atoms with van der Waals surface area (Å²) in [6.07, 6.45) is 1.87. The molecule has 0 spiro atoms. The number of methoxy groups -OCH3 is 1. The number of likely N-dealkylation sites (tertiary alicyclic amines) is 1. The summed E-state index contributed by atoms with van der Waals surface area (Å²) in [6.45, 7) is 14.9. The minimum atomic E-state index is -0.478. The summed E-state index contributed by atoms with van der Waals surface area (Å²) in [5, 5.41) is 2.95. The van der Waals surface area contributed by atoms with Gasteiger partial charge >= 0.3 is 6.09 Å². The maximum absolute atomic E-state index is 12.0. The third-order valence-corrected chi connectivity index (χ3v) is 5.58. The number of ether oxygens (including phenoxy) is 3. The molecule has 0 saturated carbocycles. The van der Waals surface area contributed by atoms with Crippen molar-refractivity contribution in [2.45, 2.75) is 72.1 Å². The molecule has 1 aromatic carbocycles. The summed E-state index contributed by atoms with van der Waals surface area (Å²) in [5.74, 6) is 0.917. The highest BCUT2D eigenvalue weighted by Crippen LogP contribution is 2.34. The Balaban J connectivity index is 2.03. The fourth-order valence-electron chi connectivity index (χ4n) is 3.94. The molecule has 1 aliphatic heterocycles. The molecule has 0 radical (unpaired) electrons. The van der Waals surface area contributed by atoms with Gasteiger partial charge in [0.15, 0.2) is 0 Å². The van der Waals surface area contributed by atoms with Gasteiger partial charge in [-0.15, -0.1) is 0 Å². The van der Waals surface area contributed by atoms with Crippen molar-refractivity contribution in [3.05, 3.63) is 28.8 Å². The number of amides is 1. The van der Waals surface area contributed by atoms with E-state index in [9.17, 15) is 4.79 Å². The Hall–Kier alpha value is -1.79. The summed E-state index contributed by atoms with van der Waals surface area (Å²) in [7, 11) is 1.68. The molecule has 2 unspecified atom stereocenters. The van der Waals surface area contributed by atoms with E-state index in [1.807, 2.05) is 20.8 Å². The Morgan fingerprint density at radius 1 is 1.24 bits per heavy atom. The molecule has 0 bridgehead atoms. The summed E-state index contributed by atoms with van der Waals surface area (Å²) in [6, 6.07) is 4.82. The number of rotatable bonds is 8. The van der Waals surface area contributed by atoms with Crippen LogP contribution in [0.4, 0.5) is 4.79 Å². The predicted octanol–water partition coefficient (Wildman–Crippen LogP) is 4.38. The summed E-state index contributed by atoms with van der Waals surface area (Å²) < 4.78 is 16.3. The van der Waals surface area contributed by atoms with Gasteiger partial charge in [-0.25, -0.2) is 4.79 Å². The Morgan fingerprint density at radius 2 is 1.97 bits per heavy atom. The molecule has 6 nitrogen and oxygen atoms in total. The Bertz CT molecular complexity index is 684. The van der Waals surface area contributed by atoms with Crippen molar-refractivity contribution in [3.63, 3.8) is 0 Å². The molecular formula is C23H38N2O4. The highest BCUT2D eigenvalue weighted by Gasteiger charge is 2.31. The predicted molar refractivity (Wildman–Crippen MR) is 116 cm³/mol. The number of hydrogen-bond donors (Lipinski definition) is 1. The third kappa shape index (κ3) is 6.61. The monoisotopic (exact) mass is 406 g/mol. The molecule has 1 N–H and O–H groups in total. The van der Waals surface area contributed by atoms with Crippen LogP contribution in [0.3, 0.4) is 0 Å². The number of carbonyl (C=O) groups excluding carboxylic acids is 1. The average Bonchev–Trinajstić information content (AvgIpc) is 3.10. The molecule has 2 rings (SSSR count). The molecule has 164 valence electrons. The highest BCUT2D eigenvalue weighted by molar-refractivity contribution is 5.67. The van der Waals surface area contributed by atoms with Crippen LogP contribution in [0.15, 0.2) is 12.1 Å². The second-order valence-electron chi connectivity index (χ2n) is 8.84. The van der Waals surface area contributed by atoms with Gasteiger partial charge in [0.1, 0.15) is 18.0 Å². The third-order valence-electron chi connectivity index (χ3n) is 5.58. The number of carbonyl (C=O) groups is 1. The van der Waals surface area contributed by atoms with Gasteiger partial charge in [0.05, 0.1) is 6.61 Å². The average molecular weight is 407 g/mol. The molecule has 1 fully saturated rings. The zero-order valence-electron chi connectivity index (χ0n) is 19.1. The lowest BCUT2D eigenvalue weighted by molar-refractivity contribution is 0.0507. The molecule has 1 saturated heterocycles. The van der Waals surface area contributed by atoms with Crippen LogP contribution < -0.4 is 10.1 Å². The highest BCUT2D eigenvalue weighted by atomic mass is 16.6. The molecule has 1 heterocycles. The van der Waals surface area contributed by atoms with Crippen molar-refractivity contribution in [2.75, 3.05) is 33.4 Å². The zero-order valence-corrected chi connectivity index (χ0v) is 19.1. The van der Waals surface area contributed by atoms with Crippen molar-refractivity contribution < 1.29 is 19.0 Å². The fraction of sp³-hybridized carbons (Fsp3) is 0.696. The van der Waals surface area contributed by atoms with Crippen molar-refractivity contribution in [2.24, 2.45) is 0 Å². The van der Waals surface area contributed by atoms with Crippen molar-refractivity contribution in [3.8, 4) is 5.75 Å². The van der Waals surface area contributed by atoms with Crippen LogP contribution in [0.1, 0.15) is 63.3 Å². The lowest BCUT2D eigenvalue weighted by Gasteiger charge is -2.32. The number of nitrogens with zero attached hydrogens (tertiary/aromatic N) is 1. The lowest BCUT2D eigenvalue weighted by atomic mass is 9.96. The van der Waals surface area contributed by atoms with Crippen LogP contribution >= 0.6 is 0 Å². The largest absolute Gasteiger partial charge is 0.491 e. The van der Waals surface area contributed by atoms with Crippen molar-refractivity contribution in [1.82, 2.24) is 10.2 Å². The van der Waals surface area contributed by atoms with Gasteiger partial charge < -0.3 is 19.5 Å². The first-order chi connectivity index (χ1) is 13.6. The number of nitrogens with one attached hydrogen (secondary N) is 1. The molecule has 1 aromatic rings. The van der Waals surface area contributed by atoms with E-state index in [0.717, 1.165) is 25.1 Å². The van der Waals surface area contributed by atoms with Gasteiger partial charge in [-0.3, -0.25) is 4.90 Å². The minimum absolute atomic E-state index is 0.273. The van der Waals surface area contributed by atoms with E-state index >= 15 is 0 Å². The molecule has 0 aromatic heterocycles. The van der Waals surface area contributed by atoms with E-state index in [0.29, 0.717) is 25.8 Å². The number of benzene rings is 1. The molecule has 29 heavy (non-hydrogen) atoms. The van der Waals surface area contributed by atoms with Gasteiger partial charge in [-0.05, 0) is 83.7 Å². The van der Waals surface area contributed by atoms with Crippen LogP contribution in [0.2, 0.25) is 0 Å². The molecule has 1 amide bonds. The minimum Gasteiger partial charge on any atom is -0.491 e. The van der Waals surface area contributed by atoms with Crippen molar-refractivity contribution >= 4 is 6.09 Å². The Morgan fingerprint density at radius 3 is 2.62 bits per heavy atom. The fourth-order valence-corrected chi connectivity index (χ4v) is 3.94. The van der Waals surface area contributed by atoms with Gasteiger partial charge in [-0.2, -0.15) is 0 Å². The smallest absolute Gasteiger partial charge is 0.407 e. The van der Waals surface area contributed by atoms with Gasteiger partial charge in [0.25, 0.3) is 0 Å². The summed E-state index contributed by atoms with van der Waals surface area (Å²) >= 11 is 0. The summed E-state index contributed by atoms with van der Waals surface area (Å²) in [4.78, 5) is 14.5. The van der Waals surface area contributed by atoms with E-state index < -0.39 is 5.60 Å². The molecule has 0 aliphatic carbocycles.